The Labute approximate surface area is 109 Å². The van der Waals surface area contributed by atoms with Gasteiger partial charge in [-0.3, -0.25) is 0 Å². The molecule has 0 aromatic carbocycles. The van der Waals surface area contributed by atoms with Gasteiger partial charge in [0.25, 0.3) is 0 Å². The van der Waals surface area contributed by atoms with Crippen molar-refractivity contribution < 1.29 is 0 Å². The van der Waals surface area contributed by atoms with Crippen molar-refractivity contribution in [2.45, 2.75) is 0 Å². The molecule has 0 heteroatoms. The lowest BCUT2D eigenvalue weighted by molar-refractivity contribution is 1.53. The van der Waals surface area contributed by atoms with Crippen LogP contribution in [0.25, 0.3) is 0 Å². The molecule has 0 fully saturated rings. The minimum absolute atomic E-state index is 1.17. The van der Waals surface area contributed by atoms with Gasteiger partial charge in [-0.2, -0.15) is 0 Å². The third kappa shape index (κ3) is 3.91. The molecule has 0 unspecified atom stereocenters. The van der Waals surface area contributed by atoms with E-state index in [1.165, 1.54) is 22.3 Å². The fourth-order valence-corrected chi connectivity index (χ4v) is 1.47. The van der Waals surface area contributed by atoms with Gasteiger partial charge in [-0.05, 0) is 34.4 Å². The Hall–Kier alpha value is -2.34. The molecule has 0 aromatic rings. The minimum atomic E-state index is 1.17. The Bertz CT molecular complexity index is 551. The first kappa shape index (κ1) is 12.1. The van der Waals surface area contributed by atoms with E-state index in [4.69, 9.17) is 0 Å². The molecule has 0 amide bonds. The van der Waals surface area contributed by atoms with Gasteiger partial charge in [-0.25, -0.2) is 0 Å². The van der Waals surface area contributed by atoms with E-state index in [2.05, 4.69) is 55.7 Å². The molecule has 0 bridgehead atoms. The molecule has 0 aliphatic heterocycles. The predicted octanol–water partition coefficient (Wildman–Crippen LogP) is 4.76. The predicted molar refractivity (Wildman–Crippen MR) is 80.1 cm³/mol. The lowest BCUT2D eigenvalue weighted by Gasteiger charge is -2.02. The minimum Gasteiger partial charge on any atom is -0.0991 e. The number of hydrogen-bond donors (Lipinski definition) is 0. The van der Waals surface area contributed by atoms with Crippen LogP contribution in [0.4, 0.5) is 0 Å². The van der Waals surface area contributed by atoms with Crippen LogP contribution >= 0.6 is 0 Å². The maximum Gasteiger partial charge on any atom is -0.0178 e. The Morgan fingerprint density at radius 2 is 1.28 bits per heavy atom. The first-order valence-corrected chi connectivity index (χ1v) is 5.95. The molecule has 0 saturated carbocycles. The Morgan fingerprint density at radius 3 is 1.72 bits per heavy atom. The first-order valence-electron chi connectivity index (χ1n) is 5.95. The average Bonchev–Trinajstić information content (AvgIpc) is 3.23. The van der Waals surface area contributed by atoms with Crippen LogP contribution in [0, 0.1) is 0 Å². The molecule has 0 atom stereocenters. The summed E-state index contributed by atoms with van der Waals surface area (Å²) in [5.41, 5.74) is 4.88. The van der Waals surface area contributed by atoms with E-state index in [9.17, 15) is 0 Å². The highest BCUT2D eigenvalue weighted by Gasteiger charge is 2.06. The fourth-order valence-electron chi connectivity index (χ4n) is 1.47. The highest BCUT2D eigenvalue weighted by molar-refractivity contribution is 5.61. The zero-order chi connectivity index (χ0) is 12.8. The van der Waals surface area contributed by atoms with E-state index in [1.807, 2.05) is 24.3 Å². The van der Waals surface area contributed by atoms with Crippen LogP contribution in [0.3, 0.4) is 0 Å². The zero-order valence-corrected chi connectivity index (χ0v) is 10.3. The summed E-state index contributed by atoms with van der Waals surface area (Å²) in [5.74, 6) is 0. The van der Waals surface area contributed by atoms with E-state index in [1.54, 1.807) is 6.08 Å². The van der Waals surface area contributed by atoms with Crippen LogP contribution in [0.5, 0.6) is 0 Å². The summed E-state index contributed by atoms with van der Waals surface area (Å²) in [6, 6.07) is 0. The zero-order valence-electron chi connectivity index (χ0n) is 10.3. The molecule has 0 heterocycles. The third-order valence-corrected chi connectivity index (χ3v) is 2.52. The van der Waals surface area contributed by atoms with E-state index in [0.29, 0.717) is 0 Å². The monoisotopic (exact) mass is 232 g/mol. The molecular weight excluding hydrogens is 216 g/mol. The van der Waals surface area contributed by atoms with Crippen LogP contribution in [0.15, 0.2) is 108 Å². The van der Waals surface area contributed by atoms with Crippen molar-refractivity contribution in [3.8, 4) is 0 Å². The van der Waals surface area contributed by atoms with E-state index in [-0.39, 0.29) is 0 Å². The molecule has 0 aromatic heterocycles. The Kier molecular flexibility index (Phi) is 3.93. The van der Waals surface area contributed by atoms with Gasteiger partial charge in [0.2, 0.25) is 0 Å². The molecule has 0 radical (unpaired) electrons. The van der Waals surface area contributed by atoms with Crippen molar-refractivity contribution in [2.75, 3.05) is 0 Å². The fraction of sp³-hybridized carbons (Fsp3) is 0. The van der Waals surface area contributed by atoms with Crippen LogP contribution in [-0.2, 0) is 0 Å². The van der Waals surface area contributed by atoms with Crippen molar-refractivity contribution in [3.63, 3.8) is 0 Å². The summed E-state index contributed by atoms with van der Waals surface area (Å²) < 4.78 is 0. The summed E-state index contributed by atoms with van der Waals surface area (Å²) in [5, 5.41) is 0. The van der Waals surface area contributed by atoms with E-state index in [0.717, 1.165) is 0 Å². The van der Waals surface area contributed by atoms with Gasteiger partial charge < -0.3 is 0 Å². The summed E-state index contributed by atoms with van der Waals surface area (Å²) >= 11 is 0. The van der Waals surface area contributed by atoms with Crippen LogP contribution in [0.1, 0.15) is 0 Å². The van der Waals surface area contributed by atoms with Crippen molar-refractivity contribution in [1.82, 2.24) is 0 Å². The first-order chi connectivity index (χ1) is 8.83. The molecule has 18 heavy (non-hydrogen) atoms. The molecule has 0 N–H and O–H groups in total. The SMILES string of the molecule is C=C/C=C/C=C(C=C1C=C1)/C(C=C1C=C1)=C/C=C. The standard InChI is InChI=1S/C18H16/c1-3-5-6-8-18(14-16-11-12-16)17(7-4-2)13-15-9-10-15/h3-14H,1-2H2/b6-5+,17-7+,18-8+. The summed E-state index contributed by atoms with van der Waals surface area (Å²) in [4.78, 5) is 0. The maximum atomic E-state index is 3.78. The summed E-state index contributed by atoms with van der Waals surface area (Å²) in [7, 11) is 0. The van der Waals surface area contributed by atoms with Gasteiger partial charge in [0.05, 0.1) is 0 Å². The third-order valence-electron chi connectivity index (χ3n) is 2.52. The molecule has 2 rings (SSSR count). The summed E-state index contributed by atoms with van der Waals surface area (Å²) in [6.45, 7) is 7.45. The average molecular weight is 232 g/mol. The molecule has 2 aliphatic carbocycles. The molecule has 88 valence electrons. The highest BCUT2D eigenvalue weighted by Crippen LogP contribution is 2.25. The molecule has 0 spiro atoms. The molecule has 0 nitrogen and oxygen atoms in total. The van der Waals surface area contributed by atoms with Crippen LogP contribution in [0.2, 0.25) is 0 Å². The largest absolute Gasteiger partial charge is 0.0991 e. The topological polar surface area (TPSA) is 0 Å². The summed E-state index contributed by atoms with van der Waals surface area (Å²) in [6.07, 6.45) is 24.3. The number of hydrogen-bond acceptors (Lipinski definition) is 0. The number of rotatable bonds is 6. The highest BCUT2D eigenvalue weighted by atomic mass is 14.1. The van der Waals surface area contributed by atoms with Crippen molar-refractivity contribution in [3.05, 3.63) is 108 Å². The quantitative estimate of drug-likeness (QED) is 0.579. The second kappa shape index (κ2) is 5.83. The van der Waals surface area contributed by atoms with Gasteiger partial charge in [0, 0.05) is 0 Å². The number of allylic oxidation sites excluding steroid dienone is 16. The van der Waals surface area contributed by atoms with Crippen molar-refractivity contribution >= 4 is 0 Å². The lowest BCUT2D eigenvalue weighted by Crippen LogP contribution is -1.83. The smallest absolute Gasteiger partial charge is 0.0178 e. The second-order valence-corrected chi connectivity index (χ2v) is 4.06. The van der Waals surface area contributed by atoms with Crippen LogP contribution < -0.4 is 0 Å². The van der Waals surface area contributed by atoms with Gasteiger partial charge in [-0.15, -0.1) is 0 Å². The second-order valence-electron chi connectivity index (χ2n) is 4.06. The van der Waals surface area contributed by atoms with E-state index < -0.39 is 0 Å². The lowest BCUT2D eigenvalue weighted by atomic mass is 10.0. The Morgan fingerprint density at radius 1 is 0.722 bits per heavy atom. The van der Waals surface area contributed by atoms with Gasteiger partial charge in [-0.1, -0.05) is 73.9 Å². The molecule has 2 aliphatic rings. The maximum absolute atomic E-state index is 3.78. The van der Waals surface area contributed by atoms with Gasteiger partial charge in [0.15, 0.2) is 0 Å². The van der Waals surface area contributed by atoms with Gasteiger partial charge >= 0.3 is 0 Å². The Balaban J connectivity index is 2.27. The van der Waals surface area contributed by atoms with Crippen LogP contribution in [-0.4, -0.2) is 0 Å². The normalized spacial score (nSPS) is 17.1. The van der Waals surface area contributed by atoms with Gasteiger partial charge in [0.1, 0.15) is 0 Å². The van der Waals surface area contributed by atoms with Crippen molar-refractivity contribution in [2.24, 2.45) is 0 Å². The molecular formula is C18H16. The molecule has 0 saturated heterocycles. The van der Waals surface area contributed by atoms with E-state index >= 15 is 0 Å². The van der Waals surface area contributed by atoms with Crippen molar-refractivity contribution in [1.29, 1.82) is 0 Å².